The number of nitrogens with zero attached hydrogens (tertiary/aromatic N) is 3. The summed E-state index contributed by atoms with van der Waals surface area (Å²) < 4.78 is 1.86. The van der Waals surface area contributed by atoms with Gasteiger partial charge in [0.1, 0.15) is 0 Å². The van der Waals surface area contributed by atoms with Gasteiger partial charge in [-0.3, -0.25) is 14.4 Å². The SMILES string of the molecule is Cn1cc(CN2CCCC(C(=O)O)C2)c(C(C)(C)C)n1. The van der Waals surface area contributed by atoms with Gasteiger partial charge in [-0.15, -0.1) is 0 Å². The second-order valence-electron chi connectivity index (χ2n) is 6.84. The molecule has 1 N–H and O–H groups in total. The number of likely N-dealkylation sites (tertiary alicyclic amines) is 1. The minimum atomic E-state index is -0.670. The Kier molecular flexibility index (Phi) is 4.18. The Balaban J connectivity index is 2.12. The molecule has 0 saturated carbocycles. The zero-order valence-electron chi connectivity index (χ0n) is 12.9. The van der Waals surface area contributed by atoms with Crippen LogP contribution in [0.1, 0.15) is 44.9 Å². The summed E-state index contributed by atoms with van der Waals surface area (Å²) in [5.41, 5.74) is 2.34. The highest BCUT2D eigenvalue weighted by Gasteiger charge is 2.28. The van der Waals surface area contributed by atoms with E-state index in [1.54, 1.807) is 0 Å². The molecule has 1 atom stereocenters. The lowest BCUT2D eigenvalue weighted by Crippen LogP contribution is -2.38. The van der Waals surface area contributed by atoms with Crippen molar-refractivity contribution < 1.29 is 9.90 Å². The molecule has 0 spiro atoms. The Morgan fingerprint density at radius 1 is 1.50 bits per heavy atom. The predicted molar refractivity (Wildman–Crippen MR) is 77.5 cm³/mol. The van der Waals surface area contributed by atoms with E-state index in [1.807, 2.05) is 11.7 Å². The van der Waals surface area contributed by atoms with E-state index in [4.69, 9.17) is 5.11 Å². The van der Waals surface area contributed by atoms with Crippen molar-refractivity contribution in [1.29, 1.82) is 0 Å². The summed E-state index contributed by atoms with van der Waals surface area (Å²) in [6.45, 7) is 8.90. The summed E-state index contributed by atoms with van der Waals surface area (Å²) in [4.78, 5) is 13.4. The summed E-state index contributed by atoms with van der Waals surface area (Å²) >= 11 is 0. The quantitative estimate of drug-likeness (QED) is 0.919. The fourth-order valence-corrected chi connectivity index (χ4v) is 2.93. The van der Waals surface area contributed by atoms with Crippen molar-refractivity contribution in [2.45, 2.75) is 45.6 Å². The van der Waals surface area contributed by atoms with Gasteiger partial charge in [-0.1, -0.05) is 20.8 Å². The van der Waals surface area contributed by atoms with Gasteiger partial charge in [0.05, 0.1) is 11.6 Å². The topological polar surface area (TPSA) is 58.4 Å². The molecule has 2 heterocycles. The molecule has 112 valence electrons. The maximum absolute atomic E-state index is 11.1. The molecule has 5 nitrogen and oxygen atoms in total. The lowest BCUT2D eigenvalue weighted by atomic mass is 9.89. The molecule has 5 heteroatoms. The van der Waals surface area contributed by atoms with E-state index in [0.717, 1.165) is 31.6 Å². The van der Waals surface area contributed by atoms with Crippen LogP contribution in [-0.2, 0) is 23.8 Å². The largest absolute Gasteiger partial charge is 0.481 e. The van der Waals surface area contributed by atoms with Gasteiger partial charge in [0, 0.05) is 37.3 Å². The molecule has 1 fully saturated rings. The van der Waals surface area contributed by atoms with Crippen molar-refractivity contribution in [2.24, 2.45) is 13.0 Å². The highest BCUT2D eigenvalue weighted by Crippen LogP contribution is 2.26. The van der Waals surface area contributed by atoms with Gasteiger partial charge in [0.2, 0.25) is 0 Å². The minimum absolute atomic E-state index is 0.0125. The number of aryl methyl sites for hydroxylation is 1. The summed E-state index contributed by atoms with van der Waals surface area (Å²) in [6.07, 6.45) is 3.82. The predicted octanol–water partition coefficient (Wildman–Crippen LogP) is 2.01. The second kappa shape index (κ2) is 5.56. The van der Waals surface area contributed by atoms with E-state index < -0.39 is 5.97 Å². The third kappa shape index (κ3) is 3.39. The maximum atomic E-state index is 11.1. The van der Waals surface area contributed by atoms with E-state index in [2.05, 4.69) is 37.0 Å². The van der Waals surface area contributed by atoms with Crippen LogP contribution in [0.3, 0.4) is 0 Å². The van der Waals surface area contributed by atoms with Crippen molar-refractivity contribution in [1.82, 2.24) is 14.7 Å². The minimum Gasteiger partial charge on any atom is -0.481 e. The van der Waals surface area contributed by atoms with Crippen LogP contribution < -0.4 is 0 Å². The number of piperidine rings is 1. The second-order valence-corrected chi connectivity index (χ2v) is 6.84. The third-order valence-corrected chi connectivity index (χ3v) is 3.86. The Hall–Kier alpha value is -1.36. The van der Waals surface area contributed by atoms with Crippen LogP contribution in [0.4, 0.5) is 0 Å². The van der Waals surface area contributed by atoms with Crippen LogP contribution in [0.5, 0.6) is 0 Å². The maximum Gasteiger partial charge on any atom is 0.307 e. The molecule has 2 rings (SSSR count). The van der Waals surface area contributed by atoms with Crippen molar-refractivity contribution >= 4 is 5.97 Å². The molecule has 0 amide bonds. The standard InChI is InChI=1S/C15H25N3O2/c1-15(2,3)13-12(8-17(4)16-13)10-18-7-5-6-11(9-18)14(19)20/h8,11H,5-7,9-10H2,1-4H3,(H,19,20). The van der Waals surface area contributed by atoms with E-state index in [0.29, 0.717) is 6.54 Å². The van der Waals surface area contributed by atoms with E-state index in [9.17, 15) is 4.79 Å². The molecule has 20 heavy (non-hydrogen) atoms. The molecular weight excluding hydrogens is 254 g/mol. The van der Waals surface area contributed by atoms with Gasteiger partial charge in [0.25, 0.3) is 0 Å². The first-order valence-corrected chi connectivity index (χ1v) is 7.25. The average molecular weight is 279 g/mol. The van der Waals surface area contributed by atoms with Crippen molar-refractivity contribution in [3.05, 3.63) is 17.5 Å². The molecule has 1 aliphatic heterocycles. The summed E-state index contributed by atoms with van der Waals surface area (Å²) in [7, 11) is 1.94. The molecular formula is C15H25N3O2. The van der Waals surface area contributed by atoms with Gasteiger partial charge in [-0.25, -0.2) is 0 Å². The Morgan fingerprint density at radius 2 is 2.20 bits per heavy atom. The lowest BCUT2D eigenvalue weighted by molar-refractivity contribution is -0.143. The summed E-state index contributed by atoms with van der Waals surface area (Å²) in [6, 6.07) is 0. The van der Waals surface area contributed by atoms with Crippen molar-refractivity contribution in [2.75, 3.05) is 13.1 Å². The Morgan fingerprint density at radius 3 is 2.80 bits per heavy atom. The zero-order valence-corrected chi connectivity index (χ0v) is 12.9. The zero-order chi connectivity index (χ0) is 14.9. The number of carboxylic acid groups (broad SMARTS) is 1. The molecule has 1 saturated heterocycles. The van der Waals surface area contributed by atoms with Crippen LogP contribution in [0.2, 0.25) is 0 Å². The van der Waals surface area contributed by atoms with E-state index >= 15 is 0 Å². The smallest absolute Gasteiger partial charge is 0.307 e. The summed E-state index contributed by atoms with van der Waals surface area (Å²) in [5, 5.41) is 13.7. The fourth-order valence-electron chi connectivity index (χ4n) is 2.93. The van der Waals surface area contributed by atoms with Crippen LogP contribution in [0.25, 0.3) is 0 Å². The fraction of sp³-hybridized carbons (Fsp3) is 0.733. The van der Waals surface area contributed by atoms with Gasteiger partial charge >= 0.3 is 5.97 Å². The number of rotatable bonds is 3. The molecule has 1 unspecified atom stereocenters. The number of carboxylic acids is 1. The monoisotopic (exact) mass is 279 g/mol. The first-order valence-electron chi connectivity index (χ1n) is 7.25. The molecule has 0 bridgehead atoms. The van der Waals surface area contributed by atoms with Gasteiger partial charge in [0.15, 0.2) is 0 Å². The molecule has 1 aromatic rings. The van der Waals surface area contributed by atoms with Gasteiger partial charge in [-0.05, 0) is 19.4 Å². The van der Waals surface area contributed by atoms with Crippen molar-refractivity contribution in [3.63, 3.8) is 0 Å². The highest BCUT2D eigenvalue weighted by molar-refractivity contribution is 5.70. The number of aromatic nitrogens is 2. The third-order valence-electron chi connectivity index (χ3n) is 3.86. The van der Waals surface area contributed by atoms with E-state index in [-0.39, 0.29) is 11.3 Å². The number of hydrogen-bond acceptors (Lipinski definition) is 3. The van der Waals surface area contributed by atoms with E-state index in [1.165, 1.54) is 5.56 Å². The van der Waals surface area contributed by atoms with Crippen LogP contribution >= 0.6 is 0 Å². The van der Waals surface area contributed by atoms with Crippen LogP contribution in [0, 0.1) is 5.92 Å². The molecule has 0 aliphatic carbocycles. The first-order chi connectivity index (χ1) is 9.27. The van der Waals surface area contributed by atoms with Crippen LogP contribution in [-0.4, -0.2) is 38.8 Å². The van der Waals surface area contributed by atoms with Gasteiger partial charge < -0.3 is 5.11 Å². The molecule has 1 aliphatic rings. The first kappa shape index (κ1) is 15.0. The van der Waals surface area contributed by atoms with Crippen LogP contribution in [0.15, 0.2) is 6.20 Å². The molecule has 1 aromatic heterocycles. The average Bonchev–Trinajstić information content (AvgIpc) is 2.70. The molecule has 0 aromatic carbocycles. The lowest BCUT2D eigenvalue weighted by Gasteiger charge is -2.31. The number of carbonyl (C=O) groups is 1. The normalized spacial score (nSPS) is 21.1. The summed E-state index contributed by atoms with van der Waals surface area (Å²) in [5.74, 6) is -0.893. The van der Waals surface area contributed by atoms with Gasteiger partial charge in [-0.2, -0.15) is 5.10 Å². The van der Waals surface area contributed by atoms with Crippen molar-refractivity contribution in [3.8, 4) is 0 Å². The number of aliphatic carboxylic acids is 1. The number of hydrogen-bond donors (Lipinski definition) is 1. The molecule has 0 radical (unpaired) electrons. The Labute approximate surface area is 120 Å². The Bertz CT molecular complexity index is 488. The highest BCUT2D eigenvalue weighted by atomic mass is 16.4.